The van der Waals surface area contributed by atoms with Gasteiger partial charge in [-0.1, -0.05) is 20.8 Å². The number of rotatable bonds is 8. The van der Waals surface area contributed by atoms with Crippen molar-refractivity contribution in [3.8, 4) is 0 Å². The van der Waals surface area contributed by atoms with E-state index in [1.807, 2.05) is 0 Å². The van der Waals surface area contributed by atoms with Gasteiger partial charge in [-0.05, 0) is 31.6 Å². The lowest BCUT2D eigenvalue weighted by Gasteiger charge is -2.56. The fourth-order valence-electron chi connectivity index (χ4n) is 3.48. The Balaban J connectivity index is 2.73. The number of methoxy groups -OCH3 is 1. The van der Waals surface area contributed by atoms with Crippen molar-refractivity contribution in [3.63, 3.8) is 0 Å². The molecule has 0 heterocycles. The summed E-state index contributed by atoms with van der Waals surface area (Å²) in [6.45, 7) is 9.51. The lowest BCUT2D eigenvalue weighted by atomic mass is 9.67. The third-order valence-electron chi connectivity index (χ3n) is 4.37. The molecular weight excluding hydrogens is 212 g/mol. The van der Waals surface area contributed by atoms with Crippen LogP contribution >= 0.6 is 0 Å². The van der Waals surface area contributed by atoms with Crippen LogP contribution in [0.5, 0.6) is 0 Å². The predicted molar refractivity (Wildman–Crippen MR) is 73.1 cm³/mol. The zero-order valence-corrected chi connectivity index (χ0v) is 12.0. The van der Waals surface area contributed by atoms with Gasteiger partial charge >= 0.3 is 0 Å². The first-order chi connectivity index (χ1) is 8.13. The third-order valence-corrected chi connectivity index (χ3v) is 4.37. The Morgan fingerprint density at radius 2 is 1.94 bits per heavy atom. The van der Waals surface area contributed by atoms with Crippen LogP contribution in [0.1, 0.15) is 46.5 Å². The summed E-state index contributed by atoms with van der Waals surface area (Å²) in [6, 6.07) is 0.654. The molecule has 3 nitrogen and oxygen atoms in total. The molecule has 0 unspecified atom stereocenters. The zero-order valence-electron chi connectivity index (χ0n) is 12.0. The second kappa shape index (κ2) is 6.72. The van der Waals surface area contributed by atoms with Crippen molar-refractivity contribution in [2.45, 2.75) is 58.0 Å². The van der Waals surface area contributed by atoms with Crippen LogP contribution in [0.15, 0.2) is 0 Å². The van der Waals surface area contributed by atoms with Gasteiger partial charge in [0.05, 0.1) is 6.61 Å². The summed E-state index contributed by atoms with van der Waals surface area (Å²) < 4.78 is 5.26. The van der Waals surface area contributed by atoms with Crippen molar-refractivity contribution in [2.24, 2.45) is 11.7 Å². The van der Waals surface area contributed by atoms with Crippen LogP contribution in [0.25, 0.3) is 0 Å². The first kappa shape index (κ1) is 14.9. The summed E-state index contributed by atoms with van der Waals surface area (Å²) in [5.41, 5.74) is 6.33. The van der Waals surface area contributed by atoms with Gasteiger partial charge < -0.3 is 10.5 Å². The standard InChI is InChI=1S/C14H30N2O/c1-5-13(6-2)16(7-8-17-4)14(11-15)9-12(3)10-14/h12-13H,5-11,15H2,1-4H3. The van der Waals surface area contributed by atoms with E-state index in [-0.39, 0.29) is 5.54 Å². The van der Waals surface area contributed by atoms with Crippen LogP contribution in [0.2, 0.25) is 0 Å². The molecule has 0 aliphatic heterocycles. The Morgan fingerprint density at radius 3 is 2.29 bits per heavy atom. The second-order valence-electron chi connectivity index (χ2n) is 5.60. The van der Waals surface area contributed by atoms with Gasteiger partial charge in [0.2, 0.25) is 0 Å². The summed E-state index contributed by atoms with van der Waals surface area (Å²) in [6.07, 6.45) is 4.92. The maximum atomic E-state index is 6.07. The quantitative estimate of drug-likeness (QED) is 0.709. The summed E-state index contributed by atoms with van der Waals surface area (Å²) in [7, 11) is 1.78. The van der Waals surface area contributed by atoms with Gasteiger partial charge in [-0.15, -0.1) is 0 Å². The molecule has 0 spiro atoms. The number of ether oxygens (including phenoxy) is 1. The van der Waals surface area contributed by atoms with Crippen LogP contribution in [0, 0.1) is 5.92 Å². The highest BCUT2D eigenvalue weighted by atomic mass is 16.5. The highest BCUT2D eigenvalue weighted by Gasteiger charge is 2.46. The number of hydrogen-bond acceptors (Lipinski definition) is 3. The van der Waals surface area contributed by atoms with Crippen LogP contribution in [0.3, 0.4) is 0 Å². The topological polar surface area (TPSA) is 38.5 Å². The third kappa shape index (κ3) is 3.21. The Bertz CT molecular complexity index is 210. The lowest BCUT2D eigenvalue weighted by molar-refractivity contribution is -0.0537. The molecule has 0 aromatic rings. The molecule has 0 atom stereocenters. The SMILES string of the molecule is CCC(CC)N(CCOC)C1(CN)CC(C)C1. The van der Waals surface area contributed by atoms with E-state index in [1.165, 1.54) is 25.7 Å². The maximum Gasteiger partial charge on any atom is 0.0590 e. The van der Waals surface area contributed by atoms with Gasteiger partial charge in [0, 0.05) is 31.8 Å². The average molecular weight is 242 g/mol. The Hall–Kier alpha value is -0.120. The molecule has 2 N–H and O–H groups in total. The predicted octanol–water partition coefficient (Wildman–Crippen LogP) is 2.25. The number of nitrogens with two attached hydrogens (primary N) is 1. The molecule has 1 aliphatic rings. The average Bonchev–Trinajstić information content (AvgIpc) is 2.30. The molecule has 1 saturated carbocycles. The molecule has 1 rings (SSSR count). The van der Waals surface area contributed by atoms with Crippen LogP contribution < -0.4 is 5.73 Å². The Kier molecular flexibility index (Phi) is 5.90. The molecule has 0 bridgehead atoms. The van der Waals surface area contributed by atoms with E-state index in [2.05, 4.69) is 25.7 Å². The number of nitrogens with zero attached hydrogens (tertiary/aromatic N) is 1. The van der Waals surface area contributed by atoms with E-state index in [1.54, 1.807) is 7.11 Å². The highest BCUT2D eigenvalue weighted by Crippen LogP contribution is 2.43. The number of hydrogen-bond donors (Lipinski definition) is 1. The molecule has 0 aromatic heterocycles. The van der Waals surface area contributed by atoms with Gasteiger partial charge in [0.1, 0.15) is 0 Å². The highest BCUT2D eigenvalue weighted by molar-refractivity contribution is 5.03. The van der Waals surface area contributed by atoms with Crippen LogP contribution in [-0.4, -0.2) is 43.3 Å². The smallest absolute Gasteiger partial charge is 0.0590 e. The molecule has 102 valence electrons. The molecule has 0 aromatic carbocycles. The summed E-state index contributed by atoms with van der Waals surface area (Å²) in [5.74, 6) is 0.831. The van der Waals surface area contributed by atoms with E-state index in [0.717, 1.165) is 25.6 Å². The summed E-state index contributed by atoms with van der Waals surface area (Å²) in [5, 5.41) is 0. The molecule has 17 heavy (non-hydrogen) atoms. The largest absolute Gasteiger partial charge is 0.383 e. The van der Waals surface area contributed by atoms with Crippen LogP contribution in [0.4, 0.5) is 0 Å². The summed E-state index contributed by atoms with van der Waals surface area (Å²) >= 11 is 0. The van der Waals surface area contributed by atoms with E-state index in [0.29, 0.717) is 6.04 Å². The molecule has 1 aliphatic carbocycles. The Morgan fingerprint density at radius 1 is 1.35 bits per heavy atom. The van der Waals surface area contributed by atoms with Crippen LogP contribution in [-0.2, 0) is 4.74 Å². The molecule has 0 radical (unpaired) electrons. The van der Waals surface area contributed by atoms with Gasteiger partial charge in [-0.3, -0.25) is 4.90 Å². The molecule has 0 amide bonds. The van der Waals surface area contributed by atoms with Crippen molar-refractivity contribution < 1.29 is 4.74 Å². The van der Waals surface area contributed by atoms with Gasteiger partial charge in [0.25, 0.3) is 0 Å². The van der Waals surface area contributed by atoms with Crippen molar-refractivity contribution in [1.29, 1.82) is 0 Å². The fourth-order valence-corrected chi connectivity index (χ4v) is 3.48. The minimum Gasteiger partial charge on any atom is -0.383 e. The zero-order chi connectivity index (χ0) is 12.9. The first-order valence-corrected chi connectivity index (χ1v) is 7.09. The molecular formula is C14H30N2O. The molecule has 3 heteroatoms. The normalized spacial score (nSPS) is 28.8. The van der Waals surface area contributed by atoms with Gasteiger partial charge in [-0.2, -0.15) is 0 Å². The summed E-state index contributed by atoms with van der Waals surface area (Å²) in [4.78, 5) is 2.64. The van der Waals surface area contributed by atoms with Crippen molar-refractivity contribution in [3.05, 3.63) is 0 Å². The first-order valence-electron chi connectivity index (χ1n) is 7.09. The Labute approximate surface area is 107 Å². The monoisotopic (exact) mass is 242 g/mol. The minimum absolute atomic E-state index is 0.259. The van der Waals surface area contributed by atoms with E-state index in [9.17, 15) is 0 Å². The molecule has 0 saturated heterocycles. The van der Waals surface area contributed by atoms with Crippen molar-refractivity contribution in [1.82, 2.24) is 4.90 Å². The fraction of sp³-hybridized carbons (Fsp3) is 1.00. The second-order valence-corrected chi connectivity index (χ2v) is 5.60. The maximum absolute atomic E-state index is 6.07. The van der Waals surface area contributed by atoms with Gasteiger partial charge in [0.15, 0.2) is 0 Å². The lowest BCUT2D eigenvalue weighted by Crippen LogP contribution is -2.64. The van der Waals surface area contributed by atoms with E-state index < -0.39 is 0 Å². The van der Waals surface area contributed by atoms with E-state index >= 15 is 0 Å². The van der Waals surface area contributed by atoms with E-state index in [4.69, 9.17) is 10.5 Å². The van der Waals surface area contributed by atoms with Crippen molar-refractivity contribution in [2.75, 3.05) is 26.8 Å². The molecule has 1 fully saturated rings. The van der Waals surface area contributed by atoms with Crippen molar-refractivity contribution >= 4 is 0 Å². The van der Waals surface area contributed by atoms with Gasteiger partial charge in [-0.25, -0.2) is 0 Å². The minimum atomic E-state index is 0.259.